The number of benzene rings is 1. The minimum Gasteiger partial charge on any atom is -0.452 e. The molecule has 0 aliphatic carbocycles. The van der Waals surface area contributed by atoms with Crippen LogP contribution >= 0.6 is 11.3 Å². The monoisotopic (exact) mass is 395 g/mol. The third-order valence-electron chi connectivity index (χ3n) is 3.67. The van der Waals surface area contributed by atoms with E-state index in [1.165, 1.54) is 35.6 Å². The molecule has 1 aromatic carbocycles. The number of hydrogen-bond donors (Lipinski definition) is 1. The van der Waals surface area contributed by atoms with Crippen LogP contribution in [0.2, 0.25) is 0 Å². The molecule has 0 spiro atoms. The third-order valence-corrected chi connectivity index (χ3v) is 5.78. The fraction of sp³-hybridized carbons (Fsp3) is 0.333. The van der Waals surface area contributed by atoms with Gasteiger partial charge in [-0.25, -0.2) is 13.2 Å². The first-order valence-corrected chi connectivity index (χ1v) is 10.8. The molecule has 1 heterocycles. The van der Waals surface area contributed by atoms with E-state index in [9.17, 15) is 18.0 Å². The summed E-state index contributed by atoms with van der Waals surface area (Å²) in [7, 11) is -3.58. The summed E-state index contributed by atoms with van der Waals surface area (Å²) in [6.45, 7) is 3.49. The van der Waals surface area contributed by atoms with Crippen LogP contribution in [0.5, 0.6) is 0 Å². The van der Waals surface area contributed by atoms with Gasteiger partial charge in [0.15, 0.2) is 16.4 Å². The molecular formula is C18H21NO5S2. The number of thiophene rings is 1. The highest BCUT2D eigenvalue weighted by Crippen LogP contribution is 2.25. The Morgan fingerprint density at radius 3 is 2.42 bits per heavy atom. The number of ether oxygens (including phenoxy) is 1. The molecule has 0 fully saturated rings. The second-order valence-corrected chi connectivity index (χ2v) is 9.11. The Morgan fingerprint density at radius 2 is 1.85 bits per heavy atom. The molecule has 1 N–H and O–H groups in total. The van der Waals surface area contributed by atoms with Gasteiger partial charge in [0, 0.05) is 11.1 Å². The average molecular weight is 396 g/mol. The van der Waals surface area contributed by atoms with Gasteiger partial charge >= 0.3 is 5.97 Å². The van der Waals surface area contributed by atoms with Gasteiger partial charge in [0.05, 0.1) is 16.5 Å². The van der Waals surface area contributed by atoms with E-state index < -0.39 is 28.3 Å². The molecule has 140 valence electrons. The molecule has 0 bridgehead atoms. The zero-order valence-corrected chi connectivity index (χ0v) is 16.4. The van der Waals surface area contributed by atoms with Crippen molar-refractivity contribution in [3.05, 3.63) is 52.2 Å². The van der Waals surface area contributed by atoms with Crippen molar-refractivity contribution in [1.29, 1.82) is 0 Å². The fourth-order valence-electron chi connectivity index (χ4n) is 2.42. The summed E-state index contributed by atoms with van der Waals surface area (Å²) in [5, 5.41) is 4.78. The van der Waals surface area contributed by atoms with E-state index in [4.69, 9.17) is 4.74 Å². The average Bonchev–Trinajstić information content (AvgIpc) is 3.10. The smallest absolute Gasteiger partial charge is 0.339 e. The van der Waals surface area contributed by atoms with Crippen molar-refractivity contribution in [3.8, 4) is 0 Å². The van der Waals surface area contributed by atoms with Gasteiger partial charge < -0.3 is 10.1 Å². The first-order chi connectivity index (χ1) is 12.2. The predicted octanol–water partition coefficient (Wildman–Crippen LogP) is 2.82. The first kappa shape index (κ1) is 20.1. The summed E-state index contributed by atoms with van der Waals surface area (Å²) in [5.74, 6) is -1.13. The lowest BCUT2D eigenvalue weighted by atomic mass is 10.0. The van der Waals surface area contributed by atoms with Crippen LogP contribution in [0.1, 0.15) is 35.1 Å². The molecule has 1 unspecified atom stereocenters. The van der Waals surface area contributed by atoms with Gasteiger partial charge in [-0.2, -0.15) is 0 Å². The second kappa shape index (κ2) is 8.46. The third kappa shape index (κ3) is 5.15. The quantitative estimate of drug-likeness (QED) is 0.728. The highest BCUT2D eigenvalue weighted by molar-refractivity contribution is 7.90. The molecule has 1 aromatic heterocycles. The van der Waals surface area contributed by atoms with E-state index in [0.717, 1.165) is 11.1 Å². The Hall–Kier alpha value is -2.19. The Labute approximate surface area is 157 Å². The summed E-state index contributed by atoms with van der Waals surface area (Å²) in [4.78, 5) is 25.3. The molecule has 8 heteroatoms. The molecule has 1 amide bonds. The number of esters is 1. The summed E-state index contributed by atoms with van der Waals surface area (Å²) in [5.41, 5.74) is -0.0820. The van der Waals surface area contributed by atoms with Gasteiger partial charge in [0.25, 0.3) is 5.91 Å². The van der Waals surface area contributed by atoms with Gasteiger partial charge in [-0.05, 0) is 29.5 Å². The van der Waals surface area contributed by atoms with Crippen LogP contribution in [0.25, 0.3) is 0 Å². The van der Waals surface area contributed by atoms with Crippen LogP contribution in [0.3, 0.4) is 0 Å². The number of hydrogen-bond acceptors (Lipinski definition) is 6. The molecule has 1 atom stereocenters. The van der Waals surface area contributed by atoms with Crippen LogP contribution in [-0.4, -0.2) is 33.2 Å². The van der Waals surface area contributed by atoms with Gasteiger partial charge in [0.2, 0.25) is 0 Å². The molecule has 2 rings (SSSR count). The second-order valence-electron chi connectivity index (χ2n) is 6.15. The van der Waals surface area contributed by atoms with Gasteiger partial charge in [0.1, 0.15) is 0 Å². The minimum absolute atomic E-state index is 0.0820. The minimum atomic E-state index is -3.58. The zero-order valence-electron chi connectivity index (χ0n) is 14.8. The SMILES string of the molecule is CC(C)C(NC(=O)COC(=O)c1ccccc1S(C)(=O)=O)c1cccs1. The van der Waals surface area contributed by atoms with Crippen LogP contribution in [0.4, 0.5) is 0 Å². The van der Waals surface area contributed by atoms with Crippen LogP contribution in [0, 0.1) is 5.92 Å². The Morgan fingerprint density at radius 1 is 1.15 bits per heavy atom. The van der Waals surface area contributed by atoms with E-state index in [0.29, 0.717) is 0 Å². The van der Waals surface area contributed by atoms with Crippen molar-refractivity contribution in [1.82, 2.24) is 5.32 Å². The Balaban J connectivity index is 2.03. The number of rotatable bonds is 7. The van der Waals surface area contributed by atoms with Crippen LogP contribution < -0.4 is 5.32 Å². The number of carbonyl (C=O) groups excluding carboxylic acids is 2. The molecule has 26 heavy (non-hydrogen) atoms. The molecule has 0 radical (unpaired) electrons. The standard InChI is InChI=1S/C18H21NO5S2/c1-12(2)17(14-8-6-10-25-14)19-16(20)11-24-18(21)13-7-4-5-9-15(13)26(3,22)23/h4-10,12,17H,11H2,1-3H3,(H,19,20). The van der Waals surface area contributed by atoms with Crippen molar-refractivity contribution >= 4 is 33.1 Å². The molecule has 6 nitrogen and oxygen atoms in total. The van der Waals surface area contributed by atoms with Gasteiger partial charge in [-0.15, -0.1) is 11.3 Å². The van der Waals surface area contributed by atoms with E-state index in [-0.39, 0.29) is 22.4 Å². The van der Waals surface area contributed by atoms with Crippen molar-refractivity contribution in [3.63, 3.8) is 0 Å². The summed E-state index contributed by atoms with van der Waals surface area (Å²) >= 11 is 1.54. The fourth-order valence-corrected chi connectivity index (χ4v) is 4.24. The van der Waals surface area contributed by atoms with Crippen molar-refractivity contribution in [2.45, 2.75) is 24.8 Å². The molecule has 2 aromatic rings. The lowest BCUT2D eigenvalue weighted by Gasteiger charge is -2.21. The first-order valence-electron chi connectivity index (χ1n) is 7.99. The van der Waals surface area contributed by atoms with E-state index >= 15 is 0 Å². The Kier molecular flexibility index (Phi) is 6.55. The predicted molar refractivity (Wildman–Crippen MR) is 99.9 cm³/mol. The van der Waals surface area contributed by atoms with Crippen LogP contribution in [-0.2, 0) is 19.4 Å². The highest BCUT2D eigenvalue weighted by atomic mass is 32.2. The molecule has 0 saturated heterocycles. The number of carbonyl (C=O) groups is 2. The van der Waals surface area contributed by atoms with Crippen molar-refractivity contribution in [2.75, 3.05) is 12.9 Å². The lowest BCUT2D eigenvalue weighted by Crippen LogP contribution is -2.34. The maximum Gasteiger partial charge on any atom is 0.339 e. The van der Waals surface area contributed by atoms with Gasteiger partial charge in [-0.3, -0.25) is 4.79 Å². The largest absolute Gasteiger partial charge is 0.452 e. The molecule has 0 aliphatic heterocycles. The maximum atomic E-state index is 12.2. The zero-order chi connectivity index (χ0) is 19.3. The number of nitrogens with one attached hydrogen (secondary N) is 1. The van der Waals surface area contributed by atoms with Gasteiger partial charge in [-0.1, -0.05) is 32.0 Å². The summed E-state index contributed by atoms with van der Waals surface area (Å²) in [6, 6.07) is 9.42. The Bertz CT molecular complexity index is 873. The summed E-state index contributed by atoms with van der Waals surface area (Å²) in [6.07, 6.45) is 1.01. The number of sulfone groups is 1. The topological polar surface area (TPSA) is 89.5 Å². The molecular weight excluding hydrogens is 374 g/mol. The van der Waals surface area contributed by atoms with E-state index in [2.05, 4.69) is 5.32 Å². The number of amides is 1. The lowest BCUT2D eigenvalue weighted by molar-refractivity contribution is -0.125. The van der Waals surface area contributed by atoms with E-state index in [1.807, 2.05) is 31.4 Å². The normalized spacial score (nSPS) is 12.6. The molecule has 0 saturated carbocycles. The summed E-state index contributed by atoms with van der Waals surface area (Å²) < 4.78 is 28.5. The maximum absolute atomic E-state index is 12.2. The highest BCUT2D eigenvalue weighted by Gasteiger charge is 2.22. The van der Waals surface area contributed by atoms with Crippen LogP contribution in [0.15, 0.2) is 46.7 Å². The van der Waals surface area contributed by atoms with E-state index in [1.54, 1.807) is 0 Å². The van der Waals surface area contributed by atoms with Crippen molar-refractivity contribution in [2.24, 2.45) is 5.92 Å². The molecule has 0 aliphatic rings. The van der Waals surface area contributed by atoms with Crippen molar-refractivity contribution < 1.29 is 22.7 Å².